The molecule has 0 unspecified atom stereocenters. The number of benzene rings is 3. The summed E-state index contributed by atoms with van der Waals surface area (Å²) in [6, 6.07) is 25.0. The summed E-state index contributed by atoms with van der Waals surface area (Å²) in [5.41, 5.74) is 3.79. The molecule has 7 nitrogen and oxygen atoms in total. The lowest BCUT2D eigenvalue weighted by Gasteiger charge is -2.27. The first-order valence-electron chi connectivity index (χ1n) is 12.2. The molecule has 0 aromatic heterocycles. The van der Waals surface area contributed by atoms with Gasteiger partial charge in [0.15, 0.2) is 0 Å². The fourth-order valence-electron chi connectivity index (χ4n) is 4.72. The monoisotopic (exact) mass is 483 g/mol. The third-order valence-corrected chi connectivity index (χ3v) is 6.63. The van der Waals surface area contributed by atoms with Gasteiger partial charge in [0.05, 0.1) is 31.5 Å². The number of hydrazone groups is 1. The number of rotatable bonds is 7. The minimum atomic E-state index is -0.232. The maximum atomic E-state index is 13.3. The predicted molar refractivity (Wildman–Crippen MR) is 137 cm³/mol. The summed E-state index contributed by atoms with van der Waals surface area (Å²) in [5, 5.41) is 9.32. The van der Waals surface area contributed by atoms with E-state index in [1.165, 1.54) is 0 Å². The molecule has 3 aromatic carbocycles. The molecule has 2 amide bonds. The SMILES string of the molecule is COc1ccc([C@@H]2CC(c3ccccc3)=NN2C(=O)CCC(=O)N[C@H]2CCOc3ccccc32)cc1. The molecule has 0 bridgehead atoms. The van der Waals surface area contributed by atoms with Gasteiger partial charge in [-0.25, -0.2) is 5.01 Å². The Morgan fingerprint density at radius 2 is 1.75 bits per heavy atom. The fraction of sp³-hybridized carbons (Fsp3) is 0.276. The second kappa shape index (κ2) is 10.6. The molecule has 5 rings (SSSR count). The maximum absolute atomic E-state index is 13.3. The lowest BCUT2D eigenvalue weighted by atomic mass is 9.98. The molecular weight excluding hydrogens is 454 g/mol. The lowest BCUT2D eigenvalue weighted by Crippen LogP contribution is -2.33. The van der Waals surface area contributed by atoms with Crippen LogP contribution in [0.2, 0.25) is 0 Å². The standard InChI is InChI=1S/C29H29N3O4/c1-35-22-13-11-21(12-14-22)26-19-25(20-7-3-2-4-8-20)31-32(26)29(34)16-15-28(33)30-24-17-18-36-27-10-6-5-9-23(24)27/h2-14,24,26H,15-19H2,1H3,(H,30,33)/t24-,26-/m0/s1. The van der Waals surface area contributed by atoms with Crippen LogP contribution < -0.4 is 14.8 Å². The Bertz CT molecular complexity index is 1260. The molecule has 184 valence electrons. The van der Waals surface area contributed by atoms with E-state index in [-0.39, 0.29) is 36.7 Å². The Hall–Kier alpha value is -4.13. The van der Waals surface area contributed by atoms with Crippen LogP contribution in [-0.2, 0) is 9.59 Å². The van der Waals surface area contributed by atoms with Crippen LogP contribution in [0.5, 0.6) is 11.5 Å². The Labute approximate surface area is 210 Å². The molecule has 36 heavy (non-hydrogen) atoms. The molecule has 0 saturated heterocycles. The number of nitrogens with one attached hydrogen (secondary N) is 1. The van der Waals surface area contributed by atoms with E-state index >= 15 is 0 Å². The molecule has 0 saturated carbocycles. The topological polar surface area (TPSA) is 80.2 Å². The number of hydrogen-bond acceptors (Lipinski definition) is 5. The van der Waals surface area contributed by atoms with E-state index in [9.17, 15) is 9.59 Å². The molecule has 2 aliphatic rings. The number of amides is 2. The van der Waals surface area contributed by atoms with Gasteiger partial charge in [0.1, 0.15) is 11.5 Å². The van der Waals surface area contributed by atoms with Gasteiger partial charge >= 0.3 is 0 Å². The van der Waals surface area contributed by atoms with Crippen LogP contribution in [0.4, 0.5) is 0 Å². The highest BCUT2D eigenvalue weighted by Gasteiger charge is 2.33. The Balaban J connectivity index is 1.28. The van der Waals surface area contributed by atoms with Gasteiger partial charge in [-0.15, -0.1) is 0 Å². The first-order valence-corrected chi connectivity index (χ1v) is 12.2. The summed E-state index contributed by atoms with van der Waals surface area (Å²) < 4.78 is 11.0. The molecule has 2 heterocycles. The molecule has 0 fully saturated rings. The van der Waals surface area contributed by atoms with Gasteiger partial charge in [0, 0.05) is 31.2 Å². The van der Waals surface area contributed by atoms with Crippen molar-refractivity contribution in [2.75, 3.05) is 13.7 Å². The van der Waals surface area contributed by atoms with E-state index in [2.05, 4.69) is 5.32 Å². The number of carbonyl (C=O) groups excluding carboxylic acids is 2. The summed E-state index contributed by atoms with van der Waals surface area (Å²) in [6.07, 6.45) is 1.48. The summed E-state index contributed by atoms with van der Waals surface area (Å²) in [4.78, 5) is 26.1. The minimum absolute atomic E-state index is 0.0783. The second-order valence-electron chi connectivity index (χ2n) is 8.94. The summed E-state index contributed by atoms with van der Waals surface area (Å²) in [5.74, 6) is 1.22. The van der Waals surface area contributed by atoms with Gasteiger partial charge < -0.3 is 14.8 Å². The molecule has 1 N–H and O–H groups in total. The van der Waals surface area contributed by atoms with Crippen molar-refractivity contribution in [3.63, 3.8) is 0 Å². The number of carbonyl (C=O) groups is 2. The van der Waals surface area contributed by atoms with Crippen LogP contribution in [0.1, 0.15) is 54.5 Å². The Morgan fingerprint density at radius 3 is 2.53 bits per heavy atom. The lowest BCUT2D eigenvalue weighted by molar-refractivity contribution is -0.135. The normalized spacial score (nSPS) is 18.6. The highest BCUT2D eigenvalue weighted by Crippen LogP contribution is 2.35. The second-order valence-corrected chi connectivity index (χ2v) is 8.94. The van der Waals surface area contributed by atoms with Gasteiger partial charge in [-0.1, -0.05) is 60.7 Å². The average Bonchev–Trinajstić information content (AvgIpc) is 3.38. The quantitative estimate of drug-likeness (QED) is 0.524. The van der Waals surface area contributed by atoms with Crippen LogP contribution in [0, 0.1) is 0 Å². The number of nitrogens with zero attached hydrogens (tertiary/aromatic N) is 2. The third-order valence-electron chi connectivity index (χ3n) is 6.63. The molecule has 3 aromatic rings. The van der Waals surface area contributed by atoms with E-state index in [1.807, 2.05) is 78.9 Å². The van der Waals surface area contributed by atoms with Crippen LogP contribution in [0.25, 0.3) is 0 Å². The number of ether oxygens (including phenoxy) is 2. The van der Waals surface area contributed by atoms with Crippen molar-refractivity contribution in [2.45, 2.75) is 37.8 Å². The summed E-state index contributed by atoms with van der Waals surface area (Å²) in [7, 11) is 1.63. The number of methoxy groups -OCH3 is 1. The number of fused-ring (bicyclic) bond motifs is 1. The smallest absolute Gasteiger partial charge is 0.243 e. The highest BCUT2D eigenvalue weighted by molar-refractivity contribution is 6.03. The van der Waals surface area contributed by atoms with Gasteiger partial charge in [0.2, 0.25) is 11.8 Å². The maximum Gasteiger partial charge on any atom is 0.243 e. The molecule has 7 heteroatoms. The van der Waals surface area contributed by atoms with Gasteiger partial charge in [-0.05, 0) is 29.3 Å². The molecule has 0 radical (unpaired) electrons. The van der Waals surface area contributed by atoms with E-state index in [0.717, 1.165) is 33.9 Å². The third kappa shape index (κ3) is 5.10. The van der Waals surface area contributed by atoms with E-state index < -0.39 is 0 Å². The van der Waals surface area contributed by atoms with Gasteiger partial charge in [-0.3, -0.25) is 9.59 Å². The minimum Gasteiger partial charge on any atom is -0.497 e. The van der Waals surface area contributed by atoms with Crippen molar-refractivity contribution < 1.29 is 19.1 Å². The molecule has 2 atom stereocenters. The van der Waals surface area contributed by atoms with E-state index in [0.29, 0.717) is 19.4 Å². The van der Waals surface area contributed by atoms with E-state index in [1.54, 1.807) is 12.1 Å². The zero-order chi connectivity index (χ0) is 24.9. The Kier molecular flexibility index (Phi) is 6.98. The zero-order valence-corrected chi connectivity index (χ0v) is 20.2. The van der Waals surface area contributed by atoms with Crippen LogP contribution >= 0.6 is 0 Å². The molecule has 0 spiro atoms. The fourth-order valence-corrected chi connectivity index (χ4v) is 4.72. The first-order chi connectivity index (χ1) is 17.6. The van der Waals surface area contributed by atoms with Gasteiger partial charge in [0.25, 0.3) is 0 Å². The van der Waals surface area contributed by atoms with Crippen LogP contribution in [0.3, 0.4) is 0 Å². The van der Waals surface area contributed by atoms with Crippen LogP contribution in [-0.4, -0.2) is 36.3 Å². The van der Waals surface area contributed by atoms with Crippen LogP contribution in [0.15, 0.2) is 84.0 Å². The zero-order valence-electron chi connectivity index (χ0n) is 20.2. The Morgan fingerprint density at radius 1 is 1.00 bits per heavy atom. The predicted octanol–water partition coefficient (Wildman–Crippen LogP) is 4.79. The average molecular weight is 484 g/mol. The highest BCUT2D eigenvalue weighted by atomic mass is 16.5. The first kappa shape index (κ1) is 23.6. The van der Waals surface area contributed by atoms with Gasteiger partial charge in [-0.2, -0.15) is 5.10 Å². The summed E-state index contributed by atoms with van der Waals surface area (Å²) in [6.45, 7) is 0.551. The number of para-hydroxylation sites is 1. The van der Waals surface area contributed by atoms with Crippen molar-refractivity contribution in [2.24, 2.45) is 5.10 Å². The summed E-state index contributed by atoms with van der Waals surface area (Å²) >= 11 is 0. The number of hydrogen-bond donors (Lipinski definition) is 1. The van der Waals surface area contributed by atoms with E-state index in [4.69, 9.17) is 14.6 Å². The molecular formula is C29H29N3O4. The van der Waals surface area contributed by atoms with Crippen molar-refractivity contribution in [3.05, 3.63) is 95.6 Å². The van der Waals surface area contributed by atoms with Crippen molar-refractivity contribution in [1.29, 1.82) is 0 Å². The molecule has 0 aliphatic carbocycles. The van der Waals surface area contributed by atoms with Crippen molar-refractivity contribution in [3.8, 4) is 11.5 Å². The van der Waals surface area contributed by atoms with Crippen molar-refractivity contribution in [1.82, 2.24) is 10.3 Å². The molecule has 2 aliphatic heterocycles. The van der Waals surface area contributed by atoms with Crippen molar-refractivity contribution >= 4 is 17.5 Å². The largest absolute Gasteiger partial charge is 0.497 e.